The van der Waals surface area contributed by atoms with Crippen molar-refractivity contribution in [3.8, 4) is 0 Å². The summed E-state index contributed by atoms with van der Waals surface area (Å²) in [6.45, 7) is 4.25. The zero-order chi connectivity index (χ0) is 19.2. The van der Waals surface area contributed by atoms with Gasteiger partial charge in [0.05, 0.1) is 5.92 Å². The van der Waals surface area contributed by atoms with Crippen molar-refractivity contribution in [3.05, 3.63) is 47.2 Å². The lowest BCUT2D eigenvalue weighted by molar-refractivity contribution is 0.0718. The van der Waals surface area contributed by atoms with Gasteiger partial charge in [0.15, 0.2) is 0 Å². The summed E-state index contributed by atoms with van der Waals surface area (Å²) in [6, 6.07) is 3.47. The molecule has 8 heteroatoms. The van der Waals surface area contributed by atoms with Crippen LogP contribution in [0.5, 0.6) is 0 Å². The Kier molecular flexibility index (Phi) is 4.46. The van der Waals surface area contributed by atoms with Gasteiger partial charge in [0, 0.05) is 25.4 Å². The second-order valence-electron chi connectivity index (χ2n) is 7.66. The maximum Gasteiger partial charge on any atom is 0.259 e. The summed E-state index contributed by atoms with van der Waals surface area (Å²) < 4.78 is 33.9. The van der Waals surface area contributed by atoms with E-state index >= 15 is 0 Å². The summed E-state index contributed by atoms with van der Waals surface area (Å²) in [4.78, 5) is 16.7. The first-order valence-electron chi connectivity index (χ1n) is 9.11. The van der Waals surface area contributed by atoms with Crippen molar-refractivity contribution in [1.29, 1.82) is 0 Å². The molecule has 1 amide bonds. The topological polar surface area (TPSA) is 62.5 Å². The number of halogens is 2. The first kappa shape index (κ1) is 18.0. The van der Waals surface area contributed by atoms with Crippen LogP contribution in [0.2, 0.25) is 0 Å². The lowest BCUT2D eigenvalue weighted by atomic mass is 9.71. The molecule has 144 valence electrons. The molecule has 1 atom stereocenters. The fraction of sp³-hybridized carbons (Fsp3) is 0.526. The fourth-order valence-electron chi connectivity index (χ4n) is 4.35. The van der Waals surface area contributed by atoms with Crippen molar-refractivity contribution >= 4 is 5.91 Å². The number of nitrogens with zero attached hydrogens (tertiary/aromatic N) is 4. The van der Waals surface area contributed by atoms with Crippen LogP contribution in [0.4, 0.5) is 8.78 Å². The first-order chi connectivity index (χ1) is 12.9. The van der Waals surface area contributed by atoms with Crippen LogP contribution in [-0.4, -0.2) is 59.1 Å². The van der Waals surface area contributed by atoms with Crippen LogP contribution in [0.1, 0.15) is 40.9 Å². The molecular weight excluding hydrogens is 354 g/mol. The number of hydrogen-bond donors (Lipinski definition) is 0. The lowest BCUT2D eigenvalue weighted by Gasteiger charge is -2.40. The molecule has 0 aliphatic carbocycles. The Balaban J connectivity index is 1.67. The SMILES string of the molecule is Cc1nnc(C2CN(C(=O)c3c(F)cccc3F)CC23CCN(C)CC3)o1. The van der Waals surface area contributed by atoms with E-state index in [0.717, 1.165) is 38.1 Å². The van der Waals surface area contributed by atoms with Crippen LogP contribution in [0, 0.1) is 24.0 Å². The highest BCUT2D eigenvalue weighted by atomic mass is 19.1. The van der Waals surface area contributed by atoms with E-state index in [1.807, 2.05) is 0 Å². The van der Waals surface area contributed by atoms with E-state index in [4.69, 9.17) is 4.42 Å². The van der Waals surface area contributed by atoms with E-state index < -0.39 is 23.1 Å². The van der Waals surface area contributed by atoms with Crippen molar-refractivity contribution in [3.63, 3.8) is 0 Å². The van der Waals surface area contributed by atoms with Crippen molar-refractivity contribution in [1.82, 2.24) is 20.0 Å². The molecule has 3 heterocycles. The summed E-state index contributed by atoms with van der Waals surface area (Å²) >= 11 is 0. The third-order valence-electron chi connectivity index (χ3n) is 5.93. The number of amides is 1. The second kappa shape index (κ2) is 6.67. The second-order valence-corrected chi connectivity index (χ2v) is 7.66. The van der Waals surface area contributed by atoms with Gasteiger partial charge < -0.3 is 14.2 Å². The molecule has 1 aromatic carbocycles. The molecule has 0 bridgehead atoms. The summed E-state index contributed by atoms with van der Waals surface area (Å²) in [7, 11) is 2.06. The predicted octanol–water partition coefficient (Wildman–Crippen LogP) is 2.61. The Labute approximate surface area is 156 Å². The standard InChI is InChI=1S/C19H22F2N4O2/c1-12-22-23-17(27-12)13-10-25(11-19(13)6-8-24(2)9-7-19)18(26)16-14(20)4-3-5-15(16)21/h3-5,13H,6-11H2,1-2H3. The Hall–Kier alpha value is -2.35. The maximum atomic E-state index is 14.1. The van der Waals surface area contributed by atoms with Crippen LogP contribution in [-0.2, 0) is 0 Å². The third kappa shape index (κ3) is 3.12. The summed E-state index contributed by atoms with van der Waals surface area (Å²) in [5, 5.41) is 8.11. The molecule has 0 radical (unpaired) electrons. The van der Waals surface area contributed by atoms with Gasteiger partial charge >= 0.3 is 0 Å². The van der Waals surface area contributed by atoms with E-state index in [-0.39, 0.29) is 11.3 Å². The van der Waals surface area contributed by atoms with E-state index in [9.17, 15) is 13.6 Å². The molecule has 2 fully saturated rings. The van der Waals surface area contributed by atoms with Crippen molar-refractivity contribution in [2.45, 2.75) is 25.7 Å². The van der Waals surface area contributed by atoms with Gasteiger partial charge in [-0.15, -0.1) is 10.2 Å². The average molecular weight is 376 g/mol. The minimum Gasteiger partial charge on any atom is -0.425 e. The molecule has 1 spiro atoms. The highest BCUT2D eigenvalue weighted by Crippen LogP contribution is 2.49. The number of carbonyl (C=O) groups is 1. The number of piperidine rings is 1. The van der Waals surface area contributed by atoms with Gasteiger partial charge in [0.2, 0.25) is 11.8 Å². The van der Waals surface area contributed by atoms with Gasteiger partial charge in [-0.1, -0.05) is 6.07 Å². The molecular formula is C19H22F2N4O2. The molecule has 0 saturated carbocycles. The molecule has 2 aliphatic heterocycles. The minimum absolute atomic E-state index is 0.133. The largest absolute Gasteiger partial charge is 0.425 e. The van der Waals surface area contributed by atoms with Crippen molar-refractivity contribution in [2.75, 3.05) is 33.2 Å². The predicted molar refractivity (Wildman–Crippen MR) is 93.2 cm³/mol. The molecule has 4 rings (SSSR count). The maximum absolute atomic E-state index is 14.1. The average Bonchev–Trinajstić information content (AvgIpc) is 3.21. The summed E-state index contributed by atoms with van der Waals surface area (Å²) in [5.41, 5.74) is -0.717. The van der Waals surface area contributed by atoms with Crippen LogP contribution in [0.15, 0.2) is 22.6 Å². The van der Waals surface area contributed by atoms with E-state index in [1.165, 1.54) is 11.0 Å². The van der Waals surface area contributed by atoms with E-state index in [1.54, 1.807) is 6.92 Å². The zero-order valence-electron chi connectivity index (χ0n) is 15.4. The molecule has 0 N–H and O–H groups in total. The Morgan fingerprint density at radius 2 is 1.89 bits per heavy atom. The number of hydrogen-bond acceptors (Lipinski definition) is 5. The van der Waals surface area contributed by atoms with Crippen LogP contribution < -0.4 is 0 Å². The number of carbonyl (C=O) groups excluding carboxylic acids is 1. The van der Waals surface area contributed by atoms with E-state index in [0.29, 0.717) is 24.9 Å². The van der Waals surface area contributed by atoms with Gasteiger partial charge in [-0.3, -0.25) is 4.79 Å². The fourth-order valence-corrected chi connectivity index (χ4v) is 4.35. The van der Waals surface area contributed by atoms with Crippen LogP contribution >= 0.6 is 0 Å². The molecule has 2 aliphatic rings. The number of aryl methyl sites for hydroxylation is 1. The summed E-state index contributed by atoms with van der Waals surface area (Å²) in [6.07, 6.45) is 1.72. The number of benzene rings is 1. The smallest absolute Gasteiger partial charge is 0.259 e. The van der Waals surface area contributed by atoms with Crippen LogP contribution in [0.3, 0.4) is 0 Å². The molecule has 1 aromatic heterocycles. The molecule has 1 unspecified atom stereocenters. The quantitative estimate of drug-likeness (QED) is 0.806. The zero-order valence-corrected chi connectivity index (χ0v) is 15.4. The number of aromatic nitrogens is 2. The van der Waals surface area contributed by atoms with Gasteiger partial charge in [-0.2, -0.15) is 0 Å². The molecule has 6 nitrogen and oxygen atoms in total. The third-order valence-corrected chi connectivity index (χ3v) is 5.93. The van der Waals surface area contributed by atoms with Crippen molar-refractivity contribution < 1.29 is 18.0 Å². The first-order valence-corrected chi connectivity index (χ1v) is 9.11. The lowest BCUT2D eigenvalue weighted by Crippen LogP contribution is -2.42. The molecule has 2 saturated heterocycles. The normalized spacial score (nSPS) is 22.5. The molecule has 2 aromatic rings. The van der Waals surface area contributed by atoms with Gasteiger partial charge in [0.25, 0.3) is 5.91 Å². The monoisotopic (exact) mass is 376 g/mol. The van der Waals surface area contributed by atoms with Crippen LogP contribution in [0.25, 0.3) is 0 Å². The highest BCUT2D eigenvalue weighted by Gasteiger charge is 2.52. The van der Waals surface area contributed by atoms with Gasteiger partial charge in [-0.25, -0.2) is 8.78 Å². The van der Waals surface area contributed by atoms with Crippen molar-refractivity contribution in [2.24, 2.45) is 5.41 Å². The van der Waals surface area contributed by atoms with Gasteiger partial charge in [0.1, 0.15) is 17.2 Å². The Morgan fingerprint density at radius 3 is 2.48 bits per heavy atom. The highest BCUT2D eigenvalue weighted by molar-refractivity contribution is 5.95. The van der Waals surface area contributed by atoms with E-state index in [2.05, 4.69) is 22.1 Å². The Bertz CT molecular complexity index is 841. The summed E-state index contributed by atoms with van der Waals surface area (Å²) in [5.74, 6) is -1.46. The van der Waals surface area contributed by atoms with Gasteiger partial charge in [-0.05, 0) is 45.1 Å². The number of rotatable bonds is 2. The number of likely N-dealkylation sites (tertiary alicyclic amines) is 2. The molecule has 27 heavy (non-hydrogen) atoms. The Morgan fingerprint density at radius 1 is 1.22 bits per heavy atom. The minimum atomic E-state index is -0.838.